The second-order valence-electron chi connectivity index (χ2n) is 6.58. The number of ether oxygens (including phenoxy) is 2. The minimum atomic E-state index is -0.261. The normalized spacial score (nSPS) is 10.6. The lowest BCUT2D eigenvalue weighted by Crippen LogP contribution is -2.12. The number of hydrogen-bond donors (Lipinski definition) is 3. The third-order valence-electron chi connectivity index (χ3n) is 4.43. The van der Waals surface area contributed by atoms with Crippen LogP contribution in [0.4, 0.5) is 11.5 Å². The Kier molecular flexibility index (Phi) is 5.91. The molecule has 4 rings (SSSR count). The molecule has 0 aliphatic carbocycles. The minimum absolute atomic E-state index is 0.107. The molecule has 2 heterocycles. The van der Waals surface area contributed by atoms with Crippen LogP contribution >= 0.6 is 0 Å². The van der Waals surface area contributed by atoms with Crippen molar-refractivity contribution >= 4 is 28.3 Å². The predicted octanol–water partition coefficient (Wildman–Crippen LogP) is 3.63. The molecule has 2 aromatic heterocycles. The van der Waals surface area contributed by atoms with Crippen molar-refractivity contribution in [1.29, 1.82) is 0 Å². The molecular weight excluding hydrogens is 396 g/mol. The first-order valence-corrected chi connectivity index (χ1v) is 9.56. The highest BCUT2D eigenvalue weighted by Gasteiger charge is 2.11. The van der Waals surface area contributed by atoms with E-state index in [-0.39, 0.29) is 19.1 Å². The molecule has 0 radical (unpaired) electrons. The van der Waals surface area contributed by atoms with Crippen LogP contribution in [0.2, 0.25) is 0 Å². The van der Waals surface area contributed by atoms with Gasteiger partial charge in [-0.3, -0.25) is 9.78 Å². The molecule has 0 saturated carbocycles. The lowest BCUT2D eigenvalue weighted by atomic mass is 10.1. The molecule has 0 unspecified atom stereocenters. The zero-order valence-corrected chi connectivity index (χ0v) is 16.5. The second kappa shape index (κ2) is 9.10. The van der Waals surface area contributed by atoms with E-state index < -0.39 is 0 Å². The molecule has 8 heteroatoms. The Morgan fingerprint density at radius 1 is 1.00 bits per heavy atom. The standard InChI is InChI=1S/C23H20N4O4/c24-18-13-17-19(14-21(18)30-12-11-28)25-10-8-20(17)31-16-6-4-15(5-7-16)23(29)27-22-3-1-2-9-26-22/h1-10,13-14,28H,11-12,24H2,(H,26,27,29). The number of fused-ring (bicyclic) bond motifs is 1. The number of aromatic nitrogens is 2. The molecule has 1 amide bonds. The summed E-state index contributed by atoms with van der Waals surface area (Å²) < 4.78 is 11.4. The van der Waals surface area contributed by atoms with E-state index in [9.17, 15) is 4.79 Å². The first-order valence-electron chi connectivity index (χ1n) is 9.56. The van der Waals surface area contributed by atoms with E-state index in [1.54, 1.807) is 73.1 Å². The smallest absolute Gasteiger partial charge is 0.256 e. The Balaban J connectivity index is 1.52. The molecule has 0 fully saturated rings. The Morgan fingerprint density at radius 3 is 2.58 bits per heavy atom. The van der Waals surface area contributed by atoms with Crippen LogP contribution in [0, 0.1) is 0 Å². The number of rotatable bonds is 7. The lowest BCUT2D eigenvalue weighted by Gasteiger charge is -2.12. The molecule has 0 atom stereocenters. The first kappa shape index (κ1) is 20.1. The van der Waals surface area contributed by atoms with Gasteiger partial charge in [-0.25, -0.2) is 4.98 Å². The van der Waals surface area contributed by atoms with Crippen molar-refractivity contribution in [1.82, 2.24) is 9.97 Å². The Morgan fingerprint density at radius 2 is 1.84 bits per heavy atom. The number of nitrogens with one attached hydrogen (secondary N) is 1. The van der Waals surface area contributed by atoms with Crippen molar-refractivity contribution in [2.75, 3.05) is 24.3 Å². The van der Waals surface area contributed by atoms with Gasteiger partial charge in [0.15, 0.2) is 0 Å². The van der Waals surface area contributed by atoms with Crippen molar-refractivity contribution in [2.24, 2.45) is 0 Å². The summed E-state index contributed by atoms with van der Waals surface area (Å²) in [7, 11) is 0. The Labute approximate surface area is 178 Å². The van der Waals surface area contributed by atoms with Crippen LogP contribution < -0.4 is 20.5 Å². The number of aliphatic hydroxyl groups excluding tert-OH is 1. The Hall–Kier alpha value is -4.17. The summed E-state index contributed by atoms with van der Waals surface area (Å²) in [5.41, 5.74) is 7.61. The SMILES string of the molecule is Nc1cc2c(Oc3ccc(C(=O)Nc4ccccn4)cc3)ccnc2cc1OCCO. The van der Waals surface area contributed by atoms with Gasteiger partial charge in [-0.05, 0) is 48.5 Å². The lowest BCUT2D eigenvalue weighted by molar-refractivity contribution is 0.102. The number of pyridine rings is 2. The molecule has 2 aromatic carbocycles. The molecule has 4 aromatic rings. The van der Waals surface area contributed by atoms with E-state index in [1.165, 1.54) is 0 Å². The summed E-state index contributed by atoms with van der Waals surface area (Å²) >= 11 is 0. The van der Waals surface area contributed by atoms with E-state index in [2.05, 4.69) is 15.3 Å². The van der Waals surface area contributed by atoms with Gasteiger partial charge in [-0.2, -0.15) is 0 Å². The summed E-state index contributed by atoms with van der Waals surface area (Å²) in [6, 6.07) is 17.2. The van der Waals surface area contributed by atoms with Crippen molar-refractivity contribution in [3.05, 3.63) is 78.6 Å². The monoisotopic (exact) mass is 416 g/mol. The fourth-order valence-corrected chi connectivity index (χ4v) is 2.96. The van der Waals surface area contributed by atoms with Gasteiger partial charge in [0.25, 0.3) is 5.91 Å². The van der Waals surface area contributed by atoms with Crippen LogP contribution in [-0.4, -0.2) is 34.2 Å². The highest BCUT2D eigenvalue weighted by Crippen LogP contribution is 2.34. The highest BCUT2D eigenvalue weighted by molar-refractivity contribution is 6.03. The van der Waals surface area contributed by atoms with E-state index in [4.69, 9.17) is 20.3 Å². The zero-order valence-electron chi connectivity index (χ0n) is 16.5. The van der Waals surface area contributed by atoms with Gasteiger partial charge in [0.2, 0.25) is 0 Å². The topological polar surface area (TPSA) is 120 Å². The van der Waals surface area contributed by atoms with Gasteiger partial charge < -0.3 is 25.6 Å². The van der Waals surface area contributed by atoms with Gasteiger partial charge in [0, 0.05) is 29.4 Å². The second-order valence-corrected chi connectivity index (χ2v) is 6.58. The maximum atomic E-state index is 12.4. The van der Waals surface area contributed by atoms with Crippen LogP contribution in [0.1, 0.15) is 10.4 Å². The third-order valence-corrected chi connectivity index (χ3v) is 4.43. The first-order chi connectivity index (χ1) is 15.1. The average molecular weight is 416 g/mol. The van der Waals surface area contributed by atoms with Gasteiger partial charge in [0.05, 0.1) is 17.8 Å². The summed E-state index contributed by atoms with van der Waals surface area (Å²) in [6.45, 7) is 0.0378. The number of anilines is 2. The van der Waals surface area contributed by atoms with E-state index in [0.717, 1.165) is 0 Å². The number of aliphatic hydroxyl groups is 1. The van der Waals surface area contributed by atoms with E-state index in [0.29, 0.717) is 45.2 Å². The number of carbonyl (C=O) groups is 1. The number of nitrogen functional groups attached to an aromatic ring is 1. The maximum absolute atomic E-state index is 12.4. The molecule has 156 valence electrons. The van der Waals surface area contributed by atoms with E-state index in [1.807, 2.05) is 0 Å². The molecule has 8 nitrogen and oxygen atoms in total. The van der Waals surface area contributed by atoms with Crippen molar-refractivity contribution in [3.63, 3.8) is 0 Å². The largest absolute Gasteiger partial charge is 0.489 e. The van der Waals surface area contributed by atoms with Crippen LogP contribution in [0.25, 0.3) is 10.9 Å². The fraction of sp³-hybridized carbons (Fsp3) is 0.0870. The van der Waals surface area contributed by atoms with Crippen LogP contribution in [0.5, 0.6) is 17.2 Å². The van der Waals surface area contributed by atoms with Crippen molar-refractivity contribution in [3.8, 4) is 17.2 Å². The summed E-state index contributed by atoms with van der Waals surface area (Å²) in [5.74, 6) is 1.80. The number of carbonyl (C=O) groups excluding carboxylic acids is 1. The van der Waals surface area contributed by atoms with Crippen LogP contribution in [0.3, 0.4) is 0 Å². The maximum Gasteiger partial charge on any atom is 0.256 e. The number of benzene rings is 2. The third kappa shape index (κ3) is 4.71. The Bertz CT molecular complexity index is 1200. The zero-order chi connectivity index (χ0) is 21.6. The van der Waals surface area contributed by atoms with Gasteiger partial charge in [0.1, 0.15) is 29.7 Å². The molecule has 0 aliphatic rings. The molecule has 31 heavy (non-hydrogen) atoms. The summed E-state index contributed by atoms with van der Waals surface area (Å²) in [4.78, 5) is 20.8. The molecule has 0 saturated heterocycles. The molecule has 0 aliphatic heterocycles. The molecular formula is C23H20N4O4. The number of amides is 1. The van der Waals surface area contributed by atoms with Gasteiger partial charge >= 0.3 is 0 Å². The summed E-state index contributed by atoms with van der Waals surface area (Å²) in [5, 5.41) is 12.4. The highest BCUT2D eigenvalue weighted by atomic mass is 16.5. The number of nitrogens with zero attached hydrogens (tertiary/aromatic N) is 2. The van der Waals surface area contributed by atoms with E-state index >= 15 is 0 Å². The summed E-state index contributed by atoms with van der Waals surface area (Å²) in [6.07, 6.45) is 3.23. The van der Waals surface area contributed by atoms with Crippen LogP contribution in [0.15, 0.2) is 73.1 Å². The van der Waals surface area contributed by atoms with Gasteiger partial charge in [-0.15, -0.1) is 0 Å². The number of hydrogen-bond acceptors (Lipinski definition) is 7. The fourth-order valence-electron chi connectivity index (χ4n) is 2.96. The minimum Gasteiger partial charge on any atom is -0.489 e. The van der Waals surface area contributed by atoms with Gasteiger partial charge in [-0.1, -0.05) is 6.07 Å². The molecule has 0 bridgehead atoms. The van der Waals surface area contributed by atoms with Crippen molar-refractivity contribution in [2.45, 2.75) is 0 Å². The predicted molar refractivity (Wildman–Crippen MR) is 117 cm³/mol. The van der Waals surface area contributed by atoms with Crippen LogP contribution in [-0.2, 0) is 0 Å². The molecule has 0 spiro atoms. The number of nitrogens with two attached hydrogens (primary N) is 1. The average Bonchev–Trinajstić information content (AvgIpc) is 2.79. The quantitative estimate of drug-likeness (QED) is 0.394. The van der Waals surface area contributed by atoms with Crippen molar-refractivity contribution < 1.29 is 19.4 Å². The molecule has 4 N–H and O–H groups in total.